The zero-order chi connectivity index (χ0) is 17.5. The second-order valence-corrected chi connectivity index (χ2v) is 4.99. The number of ether oxygens (including phenoxy) is 2. The van der Waals surface area contributed by atoms with Crippen LogP contribution in [-0.2, 0) is 9.53 Å². The molecule has 0 aromatic heterocycles. The van der Waals surface area contributed by atoms with E-state index in [9.17, 15) is 20.2 Å². The van der Waals surface area contributed by atoms with Crippen LogP contribution in [-0.4, -0.2) is 48.6 Å². The van der Waals surface area contributed by atoms with E-state index < -0.39 is 10.8 Å². The van der Waals surface area contributed by atoms with Crippen LogP contribution in [0.15, 0.2) is 23.8 Å². The zero-order valence-electron chi connectivity index (χ0n) is 13.2. The van der Waals surface area contributed by atoms with E-state index in [0.29, 0.717) is 38.5 Å². The van der Waals surface area contributed by atoms with Gasteiger partial charge in [0.2, 0.25) is 0 Å². The molecule has 1 fully saturated rings. The van der Waals surface area contributed by atoms with Crippen molar-refractivity contribution >= 4 is 17.7 Å². The second kappa shape index (κ2) is 8.08. The van der Waals surface area contributed by atoms with Crippen molar-refractivity contribution in [2.45, 2.75) is 6.92 Å². The van der Waals surface area contributed by atoms with Crippen LogP contribution in [0.3, 0.4) is 0 Å². The smallest absolute Gasteiger partial charge is 0.311 e. The van der Waals surface area contributed by atoms with Gasteiger partial charge in [-0.05, 0) is 24.6 Å². The molecule has 24 heavy (non-hydrogen) atoms. The predicted molar refractivity (Wildman–Crippen MR) is 85.3 cm³/mol. The van der Waals surface area contributed by atoms with Crippen molar-refractivity contribution in [1.29, 1.82) is 5.26 Å². The Morgan fingerprint density at radius 1 is 1.50 bits per heavy atom. The number of rotatable bonds is 5. The standard InChI is InChI=1S/C16H17N3O5/c1-2-24-15-4-3-12(10-14(15)19(21)22)9-13(11-17)16(20)18-5-7-23-8-6-18/h3-4,9-10H,2,5-8H2,1H3/b13-9+. The van der Waals surface area contributed by atoms with Crippen molar-refractivity contribution in [2.75, 3.05) is 32.9 Å². The largest absolute Gasteiger partial charge is 0.487 e. The minimum Gasteiger partial charge on any atom is -0.487 e. The number of amides is 1. The summed E-state index contributed by atoms with van der Waals surface area (Å²) in [4.78, 5) is 24.5. The highest BCUT2D eigenvalue weighted by Gasteiger charge is 2.21. The number of nitrogens with zero attached hydrogens (tertiary/aromatic N) is 3. The highest BCUT2D eigenvalue weighted by Crippen LogP contribution is 2.29. The average molecular weight is 331 g/mol. The van der Waals surface area contributed by atoms with E-state index in [4.69, 9.17) is 9.47 Å². The topological polar surface area (TPSA) is 106 Å². The molecule has 0 bridgehead atoms. The lowest BCUT2D eigenvalue weighted by atomic mass is 10.1. The summed E-state index contributed by atoms with van der Waals surface area (Å²) in [5.74, 6) is -0.255. The molecular formula is C16H17N3O5. The van der Waals surface area contributed by atoms with E-state index in [1.807, 2.05) is 6.07 Å². The van der Waals surface area contributed by atoms with E-state index in [1.54, 1.807) is 13.0 Å². The van der Waals surface area contributed by atoms with Gasteiger partial charge in [0.1, 0.15) is 11.6 Å². The molecule has 1 aromatic carbocycles. The molecule has 0 N–H and O–H groups in total. The fourth-order valence-corrected chi connectivity index (χ4v) is 2.29. The predicted octanol–water partition coefficient (Wildman–Crippen LogP) is 1.76. The molecule has 0 saturated carbocycles. The van der Waals surface area contributed by atoms with E-state index in [0.717, 1.165) is 0 Å². The summed E-state index contributed by atoms with van der Waals surface area (Å²) in [6.45, 7) is 3.72. The maximum Gasteiger partial charge on any atom is 0.311 e. The molecule has 0 aliphatic carbocycles. The summed E-state index contributed by atoms with van der Waals surface area (Å²) < 4.78 is 10.4. The SMILES string of the molecule is CCOc1ccc(/C=C(\C#N)C(=O)N2CCOCC2)cc1[N+](=O)[O-]. The summed E-state index contributed by atoms with van der Waals surface area (Å²) in [7, 11) is 0. The molecule has 0 unspecified atom stereocenters. The minimum absolute atomic E-state index is 0.0737. The van der Waals surface area contributed by atoms with Crippen LogP contribution in [0.4, 0.5) is 5.69 Å². The van der Waals surface area contributed by atoms with Gasteiger partial charge in [-0.15, -0.1) is 0 Å². The summed E-state index contributed by atoms with van der Waals surface area (Å²) in [5.41, 5.74) is 0.111. The van der Waals surface area contributed by atoms with Gasteiger partial charge in [0.15, 0.2) is 5.75 Å². The normalized spacial score (nSPS) is 14.8. The maximum absolute atomic E-state index is 12.3. The van der Waals surface area contributed by atoms with Gasteiger partial charge < -0.3 is 14.4 Å². The van der Waals surface area contributed by atoms with Gasteiger partial charge in [-0.25, -0.2) is 0 Å². The molecule has 1 aliphatic heterocycles. The molecule has 2 rings (SSSR count). The van der Waals surface area contributed by atoms with Crippen LogP contribution in [0.2, 0.25) is 0 Å². The van der Waals surface area contributed by atoms with E-state index >= 15 is 0 Å². The van der Waals surface area contributed by atoms with Gasteiger partial charge in [0.05, 0.1) is 24.7 Å². The molecule has 0 radical (unpaired) electrons. The second-order valence-electron chi connectivity index (χ2n) is 4.99. The number of hydrogen-bond donors (Lipinski definition) is 0. The van der Waals surface area contributed by atoms with Crippen LogP contribution in [0.1, 0.15) is 12.5 Å². The molecule has 1 aromatic rings. The van der Waals surface area contributed by atoms with E-state index in [1.165, 1.54) is 23.1 Å². The molecule has 0 atom stereocenters. The van der Waals surface area contributed by atoms with Crippen molar-refractivity contribution in [3.05, 3.63) is 39.4 Å². The van der Waals surface area contributed by atoms with Crippen LogP contribution in [0.5, 0.6) is 5.75 Å². The van der Waals surface area contributed by atoms with Crippen LogP contribution in [0.25, 0.3) is 6.08 Å². The lowest BCUT2D eigenvalue weighted by molar-refractivity contribution is -0.385. The van der Waals surface area contributed by atoms with Crippen molar-refractivity contribution in [3.8, 4) is 11.8 Å². The first-order chi connectivity index (χ1) is 11.6. The van der Waals surface area contributed by atoms with Crippen molar-refractivity contribution in [1.82, 2.24) is 4.90 Å². The Kier molecular flexibility index (Phi) is 5.87. The van der Waals surface area contributed by atoms with Gasteiger partial charge in [-0.3, -0.25) is 14.9 Å². The first kappa shape index (κ1) is 17.4. The third kappa shape index (κ3) is 4.08. The molecule has 1 saturated heterocycles. The van der Waals surface area contributed by atoms with E-state index in [-0.39, 0.29) is 17.0 Å². The summed E-state index contributed by atoms with van der Waals surface area (Å²) in [6.07, 6.45) is 1.35. The van der Waals surface area contributed by atoms with Gasteiger partial charge in [-0.2, -0.15) is 5.26 Å². The maximum atomic E-state index is 12.3. The fraction of sp³-hybridized carbons (Fsp3) is 0.375. The number of carbonyl (C=O) groups is 1. The van der Waals surface area contributed by atoms with Crippen molar-refractivity contribution in [2.24, 2.45) is 0 Å². The molecule has 8 heteroatoms. The molecule has 126 valence electrons. The lowest BCUT2D eigenvalue weighted by Gasteiger charge is -2.26. The fourth-order valence-electron chi connectivity index (χ4n) is 2.29. The van der Waals surface area contributed by atoms with Crippen LogP contribution in [0, 0.1) is 21.4 Å². The Labute approximate surface area is 139 Å². The van der Waals surface area contributed by atoms with Gasteiger partial charge in [0.25, 0.3) is 5.91 Å². The third-order valence-corrected chi connectivity index (χ3v) is 3.44. The molecule has 8 nitrogen and oxygen atoms in total. The van der Waals surface area contributed by atoms with E-state index in [2.05, 4.69) is 0 Å². The molecular weight excluding hydrogens is 314 g/mol. The van der Waals surface area contributed by atoms with Gasteiger partial charge in [-0.1, -0.05) is 6.07 Å². The number of benzene rings is 1. The first-order valence-electron chi connectivity index (χ1n) is 7.47. The summed E-state index contributed by atoms with van der Waals surface area (Å²) in [6, 6.07) is 6.18. The highest BCUT2D eigenvalue weighted by atomic mass is 16.6. The minimum atomic E-state index is -0.557. The first-order valence-corrected chi connectivity index (χ1v) is 7.47. The zero-order valence-corrected chi connectivity index (χ0v) is 13.2. The number of hydrogen-bond acceptors (Lipinski definition) is 6. The highest BCUT2D eigenvalue weighted by molar-refractivity contribution is 6.01. The molecule has 1 aliphatic rings. The quantitative estimate of drug-likeness (QED) is 0.352. The Morgan fingerprint density at radius 3 is 2.79 bits per heavy atom. The Bertz CT molecular complexity index is 702. The summed E-state index contributed by atoms with van der Waals surface area (Å²) >= 11 is 0. The molecule has 0 spiro atoms. The Hall–Kier alpha value is -2.92. The summed E-state index contributed by atoms with van der Waals surface area (Å²) in [5, 5.41) is 20.4. The number of nitro benzene ring substituents is 1. The van der Waals surface area contributed by atoms with Crippen molar-refractivity contribution < 1.29 is 19.2 Å². The number of carbonyl (C=O) groups excluding carboxylic acids is 1. The third-order valence-electron chi connectivity index (χ3n) is 3.44. The molecule has 1 amide bonds. The Balaban J connectivity index is 2.30. The van der Waals surface area contributed by atoms with Crippen LogP contribution >= 0.6 is 0 Å². The van der Waals surface area contributed by atoms with Crippen LogP contribution < -0.4 is 4.74 Å². The van der Waals surface area contributed by atoms with Gasteiger partial charge in [0, 0.05) is 19.2 Å². The molecule has 1 heterocycles. The monoisotopic (exact) mass is 331 g/mol. The lowest BCUT2D eigenvalue weighted by Crippen LogP contribution is -2.41. The number of nitriles is 1. The average Bonchev–Trinajstić information content (AvgIpc) is 2.61. The number of morpholine rings is 1. The number of nitro groups is 1. The van der Waals surface area contributed by atoms with Gasteiger partial charge >= 0.3 is 5.69 Å². The van der Waals surface area contributed by atoms with Crippen molar-refractivity contribution in [3.63, 3.8) is 0 Å². The Morgan fingerprint density at radius 2 is 2.21 bits per heavy atom.